The number of fused-ring (bicyclic) bond motifs is 1. The number of hydrogen-bond acceptors (Lipinski definition) is 4. The molecule has 0 spiro atoms. The van der Waals surface area contributed by atoms with Crippen LogP contribution in [0.2, 0.25) is 0 Å². The number of unbranched alkanes of at least 4 members (excludes halogenated alkanes) is 1. The Balaban J connectivity index is 2.31. The van der Waals surface area contributed by atoms with Crippen molar-refractivity contribution < 1.29 is 9.53 Å². The van der Waals surface area contributed by atoms with Gasteiger partial charge in [0.25, 0.3) is 0 Å². The molecule has 1 aromatic heterocycles. The van der Waals surface area contributed by atoms with Gasteiger partial charge >= 0.3 is 5.97 Å². The molecule has 0 N–H and O–H groups in total. The lowest BCUT2D eigenvalue weighted by molar-refractivity contribution is 0.0519. The molecule has 1 aromatic carbocycles. The van der Waals surface area contributed by atoms with Gasteiger partial charge in [0, 0.05) is 0 Å². The predicted octanol–water partition coefficient (Wildman–Crippen LogP) is 3.15. The molecule has 2 rings (SSSR count). The van der Waals surface area contributed by atoms with Gasteiger partial charge in [-0.2, -0.15) is 0 Å². The van der Waals surface area contributed by atoms with Crippen LogP contribution in [0, 0.1) is 0 Å². The number of aromatic nitrogens is 2. The van der Waals surface area contributed by atoms with Crippen LogP contribution in [0.5, 0.6) is 0 Å². The second-order valence-electron chi connectivity index (χ2n) is 4.40. The van der Waals surface area contributed by atoms with E-state index in [1.807, 2.05) is 12.1 Å². The molecular formula is C15H18N2O2. The number of aryl methyl sites for hydroxylation is 1. The minimum Gasteiger partial charge on any atom is -0.461 e. The first-order valence-electron chi connectivity index (χ1n) is 6.67. The van der Waals surface area contributed by atoms with Crippen LogP contribution in [-0.4, -0.2) is 22.5 Å². The van der Waals surface area contributed by atoms with Crippen molar-refractivity contribution in [3.05, 3.63) is 35.7 Å². The van der Waals surface area contributed by atoms with E-state index in [4.69, 9.17) is 4.74 Å². The molecule has 4 heteroatoms. The van der Waals surface area contributed by atoms with Crippen LogP contribution in [-0.2, 0) is 11.2 Å². The molecule has 0 fully saturated rings. The third-order valence-electron chi connectivity index (χ3n) is 2.91. The van der Waals surface area contributed by atoms with E-state index in [1.54, 1.807) is 6.92 Å². The predicted molar refractivity (Wildman–Crippen MR) is 74.1 cm³/mol. The SMILES string of the molecule is CCCCc1ccc2ncc(C(=O)OCC)nc2c1. The Hall–Kier alpha value is -1.97. The number of ether oxygens (including phenoxy) is 1. The lowest BCUT2D eigenvalue weighted by atomic mass is 10.1. The molecule has 1 heterocycles. The van der Waals surface area contributed by atoms with E-state index in [2.05, 4.69) is 23.0 Å². The van der Waals surface area contributed by atoms with Crippen molar-refractivity contribution in [3.8, 4) is 0 Å². The normalized spacial score (nSPS) is 10.6. The van der Waals surface area contributed by atoms with Crippen molar-refractivity contribution in [2.75, 3.05) is 6.61 Å². The molecule has 0 unspecified atom stereocenters. The van der Waals surface area contributed by atoms with Gasteiger partial charge < -0.3 is 4.74 Å². The van der Waals surface area contributed by atoms with Crippen molar-refractivity contribution in [1.82, 2.24) is 9.97 Å². The molecular weight excluding hydrogens is 240 g/mol. The first kappa shape index (κ1) is 13.5. The summed E-state index contributed by atoms with van der Waals surface area (Å²) in [5.74, 6) is -0.420. The third kappa shape index (κ3) is 3.28. The average Bonchev–Trinajstić information content (AvgIpc) is 2.44. The fraction of sp³-hybridized carbons (Fsp3) is 0.400. The fourth-order valence-corrected chi connectivity index (χ4v) is 1.90. The zero-order valence-electron chi connectivity index (χ0n) is 11.3. The first-order chi connectivity index (χ1) is 9.24. The molecule has 100 valence electrons. The highest BCUT2D eigenvalue weighted by molar-refractivity contribution is 5.89. The smallest absolute Gasteiger partial charge is 0.358 e. The molecule has 0 bridgehead atoms. The maximum Gasteiger partial charge on any atom is 0.358 e. The van der Waals surface area contributed by atoms with E-state index < -0.39 is 5.97 Å². The molecule has 0 aliphatic heterocycles. The standard InChI is InChI=1S/C15H18N2O2/c1-3-5-6-11-7-8-12-13(9-11)17-14(10-16-12)15(18)19-4-2/h7-10H,3-6H2,1-2H3. The summed E-state index contributed by atoms with van der Waals surface area (Å²) in [6.45, 7) is 4.28. The molecule has 2 aromatic rings. The molecule has 0 aliphatic carbocycles. The minimum absolute atomic E-state index is 0.266. The van der Waals surface area contributed by atoms with Crippen LogP contribution in [0.1, 0.15) is 42.7 Å². The van der Waals surface area contributed by atoms with Crippen molar-refractivity contribution >= 4 is 17.0 Å². The lowest BCUT2D eigenvalue weighted by Crippen LogP contribution is -2.07. The number of carbonyl (C=O) groups excluding carboxylic acids is 1. The van der Waals surface area contributed by atoms with Crippen molar-refractivity contribution in [1.29, 1.82) is 0 Å². The van der Waals surface area contributed by atoms with E-state index in [-0.39, 0.29) is 5.69 Å². The van der Waals surface area contributed by atoms with Crippen LogP contribution < -0.4 is 0 Å². The second-order valence-corrected chi connectivity index (χ2v) is 4.40. The summed E-state index contributed by atoms with van der Waals surface area (Å²) in [4.78, 5) is 20.2. The zero-order valence-corrected chi connectivity index (χ0v) is 11.3. The van der Waals surface area contributed by atoms with Gasteiger partial charge in [0.2, 0.25) is 0 Å². The van der Waals surface area contributed by atoms with Crippen molar-refractivity contribution in [2.45, 2.75) is 33.1 Å². The van der Waals surface area contributed by atoms with Gasteiger partial charge in [0.15, 0.2) is 5.69 Å². The first-order valence-corrected chi connectivity index (χ1v) is 6.67. The highest BCUT2D eigenvalue weighted by Gasteiger charge is 2.10. The molecule has 0 radical (unpaired) electrons. The molecule has 4 nitrogen and oxygen atoms in total. The third-order valence-corrected chi connectivity index (χ3v) is 2.91. The van der Waals surface area contributed by atoms with Gasteiger partial charge in [0.1, 0.15) is 0 Å². The number of nitrogens with zero attached hydrogens (tertiary/aromatic N) is 2. The van der Waals surface area contributed by atoms with Crippen LogP contribution in [0.25, 0.3) is 11.0 Å². The van der Waals surface area contributed by atoms with Gasteiger partial charge in [0.05, 0.1) is 23.8 Å². The summed E-state index contributed by atoms with van der Waals surface area (Å²) in [5, 5.41) is 0. The molecule has 0 amide bonds. The topological polar surface area (TPSA) is 52.1 Å². The number of hydrogen-bond donors (Lipinski definition) is 0. The average molecular weight is 258 g/mol. The van der Waals surface area contributed by atoms with E-state index in [0.717, 1.165) is 30.3 Å². The van der Waals surface area contributed by atoms with E-state index in [1.165, 1.54) is 11.8 Å². The second kappa shape index (κ2) is 6.27. The fourth-order valence-electron chi connectivity index (χ4n) is 1.90. The number of rotatable bonds is 5. The quantitative estimate of drug-likeness (QED) is 0.773. The molecule has 0 saturated carbocycles. The Morgan fingerprint density at radius 1 is 1.26 bits per heavy atom. The van der Waals surface area contributed by atoms with E-state index in [9.17, 15) is 4.79 Å². The van der Waals surface area contributed by atoms with Crippen LogP contribution in [0.4, 0.5) is 0 Å². The summed E-state index contributed by atoms with van der Waals surface area (Å²) < 4.78 is 4.93. The van der Waals surface area contributed by atoms with Crippen molar-refractivity contribution in [2.24, 2.45) is 0 Å². The summed E-state index contributed by atoms with van der Waals surface area (Å²) in [5.41, 5.74) is 3.04. The van der Waals surface area contributed by atoms with Gasteiger partial charge in [-0.15, -0.1) is 0 Å². The summed E-state index contributed by atoms with van der Waals surface area (Å²) in [7, 11) is 0. The monoisotopic (exact) mass is 258 g/mol. The van der Waals surface area contributed by atoms with Gasteiger partial charge in [-0.3, -0.25) is 4.98 Å². The van der Waals surface area contributed by atoms with Crippen LogP contribution in [0.15, 0.2) is 24.4 Å². The van der Waals surface area contributed by atoms with Gasteiger partial charge in [-0.25, -0.2) is 9.78 Å². The summed E-state index contributed by atoms with van der Waals surface area (Å²) >= 11 is 0. The molecule has 0 aliphatic rings. The minimum atomic E-state index is -0.420. The number of carbonyl (C=O) groups is 1. The zero-order chi connectivity index (χ0) is 13.7. The number of esters is 1. The lowest BCUT2D eigenvalue weighted by Gasteiger charge is -2.04. The Labute approximate surface area is 112 Å². The maximum atomic E-state index is 11.6. The highest BCUT2D eigenvalue weighted by atomic mass is 16.5. The summed E-state index contributed by atoms with van der Waals surface area (Å²) in [6, 6.07) is 6.01. The summed E-state index contributed by atoms with van der Waals surface area (Å²) in [6.07, 6.45) is 4.80. The molecule has 0 atom stereocenters. The van der Waals surface area contributed by atoms with Crippen LogP contribution >= 0.6 is 0 Å². The largest absolute Gasteiger partial charge is 0.461 e. The van der Waals surface area contributed by atoms with Crippen LogP contribution in [0.3, 0.4) is 0 Å². The van der Waals surface area contributed by atoms with Gasteiger partial charge in [-0.05, 0) is 37.5 Å². The van der Waals surface area contributed by atoms with Gasteiger partial charge in [-0.1, -0.05) is 19.4 Å². The molecule has 0 saturated heterocycles. The Morgan fingerprint density at radius 2 is 2.11 bits per heavy atom. The van der Waals surface area contributed by atoms with Crippen molar-refractivity contribution in [3.63, 3.8) is 0 Å². The van der Waals surface area contributed by atoms with E-state index in [0.29, 0.717) is 6.61 Å². The van der Waals surface area contributed by atoms with E-state index >= 15 is 0 Å². The number of benzene rings is 1. The highest BCUT2D eigenvalue weighted by Crippen LogP contribution is 2.14. The maximum absolute atomic E-state index is 11.6. The Morgan fingerprint density at radius 3 is 2.84 bits per heavy atom. The molecule has 19 heavy (non-hydrogen) atoms. The Kier molecular flexibility index (Phi) is 4.44. The Bertz CT molecular complexity index is 581.